The Labute approximate surface area is 482 Å². The van der Waals surface area contributed by atoms with Crippen LogP contribution in [0.3, 0.4) is 0 Å². The van der Waals surface area contributed by atoms with E-state index in [1.165, 1.54) is 17.0 Å². The summed E-state index contributed by atoms with van der Waals surface area (Å²) in [4.78, 5) is 73.2. The molecule has 81 heavy (non-hydrogen) atoms. The van der Waals surface area contributed by atoms with E-state index in [2.05, 4.69) is 35.1 Å². The quantitative estimate of drug-likeness (QED) is 0.0714. The number of nitrogen functional groups attached to an aromatic ring is 1. The van der Waals surface area contributed by atoms with Gasteiger partial charge < -0.3 is 45.8 Å². The van der Waals surface area contributed by atoms with E-state index in [1.54, 1.807) is 22.3 Å². The van der Waals surface area contributed by atoms with E-state index < -0.39 is 41.3 Å². The highest BCUT2D eigenvalue weighted by Gasteiger charge is 2.50. The van der Waals surface area contributed by atoms with E-state index in [0.29, 0.717) is 63.1 Å². The number of halogens is 3. The number of hydrogen-bond donors (Lipinski definition) is 4. The Morgan fingerprint density at radius 3 is 2.51 bits per heavy atom. The lowest BCUT2D eigenvalue weighted by Gasteiger charge is -2.43. The van der Waals surface area contributed by atoms with Gasteiger partial charge >= 0.3 is 6.01 Å². The third-order valence-corrected chi connectivity index (χ3v) is 19.3. The SMILES string of the molecule is [C-]#[N+]c1c(N)sc2c(F)ccc(-c3c(Cl)cc4c(N5CC6CCC(C5)N6)nc(OC[C@@H]5[C@@H]([N+]#[C-])CCN5CCC[C@H]5CCC(=O)N5[C@H](C(=O)N5C[C@H](O)C[C@H]5C(=O)N[C@@H](C)c5ccc(-c6scnc6C)cc5)C(C)(C)C)nc4c3F)c12. The molecule has 3 aromatic heterocycles. The number of benzene rings is 3. The number of nitrogens with one attached hydrogen (secondary N) is 2. The molecule has 5 aliphatic rings. The molecule has 9 atom stereocenters. The number of nitrogens with zero attached hydrogens (tertiary/aromatic N) is 9. The lowest BCUT2D eigenvalue weighted by Crippen LogP contribution is -2.59. The van der Waals surface area contributed by atoms with Gasteiger partial charge in [0.2, 0.25) is 29.5 Å². The van der Waals surface area contributed by atoms with Gasteiger partial charge in [-0.2, -0.15) is 9.97 Å². The molecule has 3 amide bonds. The van der Waals surface area contributed by atoms with Crippen LogP contribution in [0.4, 0.5) is 25.3 Å². The topological polar surface area (TPSA) is 191 Å². The van der Waals surface area contributed by atoms with Crippen molar-refractivity contribution in [3.8, 4) is 27.6 Å². The predicted molar refractivity (Wildman–Crippen MR) is 311 cm³/mol. The number of hydrogen-bond acceptors (Lipinski definition) is 14. The molecule has 0 spiro atoms. The summed E-state index contributed by atoms with van der Waals surface area (Å²) in [5, 5.41) is 18.4. The Balaban J connectivity index is 0.798. The van der Waals surface area contributed by atoms with Crippen LogP contribution < -0.4 is 26.0 Å². The van der Waals surface area contributed by atoms with Crippen molar-refractivity contribution in [2.24, 2.45) is 5.41 Å². The summed E-state index contributed by atoms with van der Waals surface area (Å²) in [5.74, 6) is -1.80. The van der Waals surface area contributed by atoms with Crippen LogP contribution in [0.5, 0.6) is 6.01 Å². The third kappa shape index (κ3) is 10.8. The molecule has 6 aromatic rings. The zero-order valence-electron chi connectivity index (χ0n) is 45.8. The Morgan fingerprint density at radius 2 is 1.81 bits per heavy atom. The molecule has 2 bridgehead atoms. The van der Waals surface area contributed by atoms with Crippen LogP contribution >= 0.6 is 34.3 Å². The van der Waals surface area contributed by atoms with Crippen LogP contribution in [-0.2, 0) is 14.4 Å². The van der Waals surface area contributed by atoms with E-state index in [-0.39, 0.29) is 122 Å². The van der Waals surface area contributed by atoms with Gasteiger partial charge in [-0.3, -0.25) is 19.3 Å². The molecular formula is C59H65ClF2N12O5S2. The minimum Gasteiger partial charge on any atom is -0.461 e. The van der Waals surface area contributed by atoms with Crippen LogP contribution in [0.25, 0.3) is 52.2 Å². The number of thiophene rings is 1. The van der Waals surface area contributed by atoms with E-state index >= 15 is 8.78 Å². The summed E-state index contributed by atoms with van der Waals surface area (Å²) in [6.45, 7) is 28.1. The largest absolute Gasteiger partial charge is 0.461 e. The third-order valence-electron chi connectivity index (χ3n) is 17.0. The molecule has 5 aliphatic heterocycles. The average molecular weight is 1160 g/mol. The van der Waals surface area contributed by atoms with Crippen molar-refractivity contribution >= 4 is 89.5 Å². The summed E-state index contributed by atoms with van der Waals surface area (Å²) in [6, 6.07) is 9.23. The zero-order chi connectivity index (χ0) is 57.2. The van der Waals surface area contributed by atoms with Gasteiger partial charge in [-0.1, -0.05) is 62.7 Å². The number of aryl methyl sites for hydroxylation is 1. The molecule has 17 nitrogen and oxygen atoms in total. The van der Waals surface area contributed by atoms with E-state index in [9.17, 15) is 19.5 Å². The smallest absolute Gasteiger partial charge is 0.319 e. The minimum atomic E-state index is -0.933. The van der Waals surface area contributed by atoms with Gasteiger partial charge in [-0.15, -0.1) is 22.7 Å². The molecule has 0 saturated carbocycles. The molecule has 3 aromatic carbocycles. The predicted octanol–water partition coefficient (Wildman–Crippen LogP) is 9.71. The van der Waals surface area contributed by atoms with Crippen LogP contribution in [0.2, 0.25) is 5.02 Å². The summed E-state index contributed by atoms with van der Waals surface area (Å²) < 4.78 is 39.3. The standard InChI is InChI=1S/C59H65ClF2N12O5S2/c1-30(32-10-12-33(13-11-32)51-31(2)66-29-80-51)67-56(77)43-23-37(75)27-73(43)57(78)53(59(3,4)5)74-36(16-19-45(74)76)9-8-21-71-22-20-42(64-6)44(71)28-79-58-69-49-39(55(70-58)72-25-34-14-15-35(26-72)68-34)24-40(60)46(48(49)62)38-17-18-41(61)52-47(38)50(65-7)54(63)81-52/h10-13,17-18,24,29-30,34-37,42-44,53,68,75H,8-9,14-16,19-23,25-28,63H2,1-5H3,(H,67,77)/t30-,34?,35?,36-,37+,42-,43-,44+,53+/m0/s1. The summed E-state index contributed by atoms with van der Waals surface area (Å²) in [5.41, 5.74) is 10.2. The number of aromatic nitrogens is 3. The number of β-amino-alcohol motifs (C(OH)–C–C–N with tert-alkyl or cyclic N) is 1. The fourth-order valence-electron chi connectivity index (χ4n) is 13.1. The first-order valence-corrected chi connectivity index (χ1v) is 29.8. The second-order valence-electron chi connectivity index (χ2n) is 23.4. The Hall–Kier alpha value is -6.59. The molecular weight excluding hydrogens is 1090 g/mol. The van der Waals surface area contributed by atoms with Gasteiger partial charge in [0, 0.05) is 79.9 Å². The van der Waals surface area contributed by atoms with Crippen LogP contribution in [0, 0.1) is 37.1 Å². The Bertz CT molecular complexity index is 3510. The maximum absolute atomic E-state index is 17.5. The molecule has 0 radical (unpaired) electrons. The molecule has 424 valence electrons. The number of nitrogens with two attached hydrogens (primary N) is 1. The first kappa shape index (κ1) is 56.3. The van der Waals surface area contributed by atoms with E-state index in [1.807, 2.05) is 64.4 Å². The summed E-state index contributed by atoms with van der Waals surface area (Å²) in [6.07, 6.45) is 3.75. The molecule has 5 N–H and O–H groups in total. The number of rotatable bonds is 15. The number of amides is 3. The van der Waals surface area contributed by atoms with Crippen molar-refractivity contribution in [3.05, 3.63) is 98.7 Å². The van der Waals surface area contributed by atoms with Crippen molar-refractivity contribution in [2.45, 2.75) is 140 Å². The van der Waals surface area contributed by atoms with Gasteiger partial charge in [0.15, 0.2) is 5.82 Å². The van der Waals surface area contributed by atoms with E-state index in [4.69, 9.17) is 45.2 Å². The number of likely N-dealkylation sites (tertiary alicyclic amines) is 3. The van der Waals surface area contributed by atoms with Crippen LogP contribution in [0.15, 0.2) is 48.0 Å². The molecule has 8 heterocycles. The maximum atomic E-state index is 17.5. The van der Waals surface area contributed by atoms with Crippen molar-refractivity contribution in [1.29, 1.82) is 0 Å². The molecule has 22 heteroatoms. The molecule has 5 fully saturated rings. The number of aliphatic hydroxyl groups excluding tert-OH is 1. The lowest BCUT2D eigenvalue weighted by atomic mass is 9.83. The van der Waals surface area contributed by atoms with Gasteiger partial charge in [0.25, 0.3) is 0 Å². The molecule has 5 saturated heterocycles. The zero-order valence-corrected chi connectivity index (χ0v) is 48.2. The second kappa shape index (κ2) is 22.6. The van der Waals surface area contributed by atoms with Crippen molar-refractivity contribution in [3.63, 3.8) is 0 Å². The fourth-order valence-corrected chi connectivity index (χ4v) is 15.1. The highest BCUT2D eigenvalue weighted by molar-refractivity contribution is 7.23. The maximum Gasteiger partial charge on any atom is 0.319 e. The monoisotopic (exact) mass is 1160 g/mol. The van der Waals surface area contributed by atoms with E-state index in [0.717, 1.165) is 45.9 Å². The minimum absolute atomic E-state index is 0.0138. The van der Waals surface area contributed by atoms with Crippen LogP contribution in [0.1, 0.15) is 96.4 Å². The average Bonchev–Trinajstić information content (AvgIpc) is 4.50. The number of aliphatic hydroxyl groups is 1. The van der Waals surface area contributed by atoms with Gasteiger partial charge in [-0.05, 0) is 86.7 Å². The number of ether oxygens (including phenoxy) is 1. The second-order valence-corrected chi connectivity index (χ2v) is 25.7. The Kier molecular flexibility index (Phi) is 15.7. The normalized spacial score (nSPS) is 23.8. The van der Waals surface area contributed by atoms with Gasteiger partial charge in [0.05, 0.1) is 49.5 Å². The van der Waals surface area contributed by atoms with Crippen LogP contribution in [-0.4, -0.2) is 140 Å². The summed E-state index contributed by atoms with van der Waals surface area (Å²) in [7, 11) is 0. The number of fused-ring (bicyclic) bond motifs is 4. The van der Waals surface area contributed by atoms with Gasteiger partial charge in [0.1, 0.15) is 41.9 Å². The summed E-state index contributed by atoms with van der Waals surface area (Å²) >= 11 is 9.48. The Morgan fingerprint density at radius 1 is 1.06 bits per heavy atom. The number of anilines is 2. The fraction of sp³-hybridized carbons (Fsp3) is 0.492. The van der Waals surface area contributed by atoms with Gasteiger partial charge in [-0.25, -0.2) is 25.2 Å². The molecule has 2 unspecified atom stereocenters. The highest BCUT2D eigenvalue weighted by Crippen LogP contribution is 2.49. The number of thiazole rings is 1. The number of piperazine rings is 1. The molecule has 0 aliphatic carbocycles. The lowest BCUT2D eigenvalue weighted by molar-refractivity contribution is -0.152. The number of carbonyl (C=O) groups excluding carboxylic acids is 3. The highest BCUT2D eigenvalue weighted by atomic mass is 35.5. The van der Waals surface area contributed by atoms with Crippen molar-refractivity contribution in [1.82, 2.24) is 40.3 Å². The molecule has 11 rings (SSSR count). The first-order chi connectivity index (χ1) is 38.8. The first-order valence-electron chi connectivity index (χ1n) is 27.7. The number of carbonyl (C=O) groups is 3. The van der Waals surface area contributed by atoms with Crippen molar-refractivity contribution < 1.29 is 33.0 Å². The van der Waals surface area contributed by atoms with Crippen molar-refractivity contribution in [2.75, 3.05) is 50.0 Å².